The zero-order valence-corrected chi connectivity index (χ0v) is 16.3. The van der Waals surface area contributed by atoms with Crippen molar-refractivity contribution >= 4 is 17.8 Å². The van der Waals surface area contributed by atoms with E-state index in [4.69, 9.17) is 4.42 Å². The molecule has 1 unspecified atom stereocenters. The minimum atomic E-state index is -0.548. The number of imide groups is 1. The topological polar surface area (TPSA) is 104 Å². The number of hydrogen-bond acceptors (Lipinski definition) is 5. The van der Waals surface area contributed by atoms with Gasteiger partial charge in [0.05, 0.1) is 19.4 Å². The van der Waals surface area contributed by atoms with E-state index in [-0.39, 0.29) is 36.9 Å². The van der Waals surface area contributed by atoms with Crippen LogP contribution in [-0.4, -0.2) is 48.4 Å². The summed E-state index contributed by atoms with van der Waals surface area (Å²) in [5.74, 6) is 0.740. The number of nitrogens with zero attached hydrogens (tertiary/aromatic N) is 1. The van der Waals surface area contributed by atoms with Gasteiger partial charge in [-0.3, -0.25) is 19.8 Å². The number of carbonyl (C=O) groups is 3. The summed E-state index contributed by atoms with van der Waals surface area (Å²) in [6.07, 6.45) is 2.96. The number of likely N-dealkylation sites (tertiary alicyclic amines) is 1. The van der Waals surface area contributed by atoms with Crippen molar-refractivity contribution in [2.24, 2.45) is 11.8 Å². The van der Waals surface area contributed by atoms with Crippen molar-refractivity contribution in [3.8, 4) is 0 Å². The maximum Gasteiger partial charge on any atom is 0.321 e. The van der Waals surface area contributed by atoms with Gasteiger partial charge in [-0.15, -0.1) is 0 Å². The number of hydrogen-bond donors (Lipinski definition) is 3. The summed E-state index contributed by atoms with van der Waals surface area (Å²) >= 11 is 0. The monoisotopic (exact) mass is 378 g/mol. The van der Waals surface area contributed by atoms with Gasteiger partial charge in [-0.25, -0.2) is 4.79 Å². The Kier molecular flexibility index (Phi) is 7.84. The third-order valence-electron chi connectivity index (χ3n) is 4.95. The molecule has 1 atom stereocenters. The minimum Gasteiger partial charge on any atom is -0.467 e. The first-order chi connectivity index (χ1) is 12.8. The highest BCUT2D eigenvalue weighted by atomic mass is 16.3. The Bertz CT molecular complexity index is 622. The molecule has 3 N–H and O–H groups in total. The molecule has 8 heteroatoms. The number of amides is 4. The molecule has 1 aromatic heterocycles. The van der Waals surface area contributed by atoms with Gasteiger partial charge >= 0.3 is 6.03 Å². The molecule has 4 amide bonds. The second kappa shape index (κ2) is 10.1. The molecule has 1 fully saturated rings. The number of rotatable bonds is 7. The first kappa shape index (κ1) is 21.0. The van der Waals surface area contributed by atoms with Crippen molar-refractivity contribution in [1.82, 2.24) is 20.9 Å². The van der Waals surface area contributed by atoms with Crippen LogP contribution in [0.5, 0.6) is 0 Å². The van der Waals surface area contributed by atoms with Crippen LogP contribution in [0, 0.1) is 11.8 Å². The molecular weight excluding hydrogens is 348 g/mol. The average molecular weight is 378 g/mol. The molecule has 2 heterocycles. The average Bonchev–Trinajstić information content (AvgIpc) is 3.13. The Morgan fingerprint density at radius 2 is 1.93 bits per heavy atom. The lowest BCUT2D eigenvalue weighted by Gasteiger charge is -2.31. The van der Waals surface area contributed by atoms with Crippen LogP contribution in [0.2, 0.25) is 0 Å². The lowest BCUT2D eigenvalue weighted by Crippen LogP contribution is -2.48. The number of furan rings is 1. The van der Waals surface area contributed by atoms with Gasteiger partial charge in [0.25, 0.3) is 0 Å². The molecule has 1 aromatic rings. The summed E-state index contributed by atoms with van der Waals surface area (Å²) in [6.45, 7) is 7.87. The molecule has 0 aromatic carbocycles. The molecule has 1 aliphatic rings. The van der Waals surface area contributed by atoms with E-state index in [1.54, 1.807) is 12.1 Å². The third kappa shape index (κ3) is 7.05. The molecule has 1 saturated heterocycles. The summed E-state index contributed by atoms with van der Waals surface area (Å²) < 4.78 is 5.11. The second-order valence-corrected chi connectivity index (χ2v) is 7.40. The molecule has 27 heavy (non-hydrogen) atoms. The normalized spacial score (nSPS) is 16.7. The van der Waals surface area contributed by atoms with Gasteiger partial charge < -0.3 is 15.1 Å². The minimum absolute atomic E-state index is 0.0119. The summed E-state index contributed by atoms with van der Waals surface area (Å²) in [6, 6.07) is 3.08. The quantitative estimate of drug-likeness (QED) is 0.667. The Hall–Kier alpha value is -2.35. The highest BCUT2D eigenvalue weighted by Crippen LogP contribution is 2.17. The summed E-state index contributed by atoms with van der Waals surface area (Å²) in [5.41, 5.74) is 0. The Balaban J connectivity index is 1.65. The van der Waals surface area contributed by atoms with Gasteiger partial charge in [-0.2, -0.15) is 0 Å². The van der Waals surface area contributed by atoms with Gasteiger partial charge in [-0.1, -0.05) is 13.8 Å². The van der Waals surface area contributed by atoms with Crippen molar-refractivity contribution in [2.75, 3.05) is 19.6 Å². The molecule has 0 spiro atoms. The fourth-order valence-electron chi connectivity index (χ4n) is 2.86. The maximum atomic E-state index is 12.3. The molecule has 0 aliphatic carbocycles. The highest BCUT2D eigenvalue weighted by Gasteiger charge is 2.27. The van der Waals surface area contributed by atoms with Crippen molar-refractivity contribution in [3.63, 3.8) is 0 Å². The van der Waals surface area contributed by atoms with E-state index in [2.05, 4.69) is 29.8 Å². The van der Waals surface area contributed by atoms with E-state index < -0.39 is 6.03 Å². The van der Waals surface area contributed by atoms with Gasteiger partial charge in [0, 0.05) is 12.0 Å². The van der Waals surface area contributed by atoms with E-state index in [1.807, 2.05) is 11.8 Å². The van der Waals surface area contributed by atoms with E-state index in [0.717, 1.165) is 0 Å². The first-order valence-corrected chi connectivity index (χ1v) is 9.48. The number of carbonyl (C=O) groups excluding carboxylic acids is 3. The largest absolute Gasteiger partial charge is 0.467 e. The Labute approximate surface area is 160 Å². The molecule has 150 valence electrons. The Morgan fingerprint density at radius 3 is 2.52 bits per heavy atom. The van der Waals surface area contributed by atoms with Crippen molar-refractivity contribution in [2.45, 2.75) is 46.2 Å². The fourth-order valence-corrected chi connectivity index (χ4v) is 2.86. The van der Waals surface area contributed by atoms with E-state index in [0.29, 0.717) is 37.6 Å². The SMILES string of the molecule is CC(C)C(C)NC(=O)C1CCN(CC(=O)NC(=O)NCc2ccco2)CC1. The number of piperidine rings is 1. The predicted octanol–water partition coefficient (Wildman–Crippen LogP) is 1.48. The maximum absolute atomic E-state index is 12.3. The van der Waals surface area contributed by atoms with Crippen molar-refractivity contribution in [3.05, 3.63) is 24.2 Å². The zero-order valence-electron chi connectivity index (χ0n) is 16.3. The first-order valence-electron chi connectivity index (χ1n) is 9.48. The number of urea groups is 1. The van der Waals surface area contributed by atoms with Crippen LogP contribution in [0.15, 0.2) is 22.8 Å². The number of nitrogens with one attached hydrogen (secondary N) is 3. The van der Waals surface area contributed by atoms with Crippen LogP contribution in [0.3, 0.4) is 0 Å². The van der Waals surface area contributed by atoms with Gasteiger partial charge in [0.2, 0.25) is 11.8 Å². The van der Waals surface area contributed by atoms with Crippen molar-refractivity contribution in [1.29, 1.82) is 0 Å². The lowest BCUT2D eigenvalue weighted by atomic mass is 9.95. The zero-order chi connectivity index (χ0) is 19.8. The lowest BCUT2D eigenvalue weighted by molar-refractivity contribution is -0.127. The summed E-state index contributed by atoms with van der Waals surface area (Å²) in [5, 5.41) is 7.94. The van der Waals surface area contributed by atoms with E-state index in [9.17, 15) is 14.4 Å². The molecule has 0 bridgehead atoms. The molecule has 2 rings (SSSR count). The molecule has 8 nitrogen and oxygen atoms in total. The molecular formula is C19H30N4O4. The van der Waals surface area contributed by atoms with Crippen LogP contribution in [0.25, 0.3) is 0 Å². The second-order valence-electron chi connectivity index (χ2n) is 7.40. The van der Waals surface area contributed by atoms with Crippen molar-refractivity contribution < 1.29 is 18.8 Å². The smallest absolute Gasteiger partial charge is 0.321 e. The predicted molar refractivity (Wildman–Crippen MR) is 101 cm³/mol. The third-order valence-corrected chi connectivity index (χ3v) is 4.95. The molecule has 0 radical (unpaired) electrons. The van der Waals surface area contributed by atoms with E-state index >= 15 is 0 Å². The molecule has 1 aliphatic heterocycles. The van der Waals surface area contributed by atoms with E-state index in [1.165, 1.54) is 6.26 Å². The summed E-state index contributed by atoms with van der Waals surface area (Å²) in [4.78, 5) is 38.0. The van der Waals surface area contributed by atoms with Crippen LogP contribution in [-0.2, 0) is 16.1 Å². The highest BCUT2D eigenvalue weighted by molar-refractivity contribution is 5.95. The molecule has 0 saturated carbocycles. The van der Waals surface area contributed by atoms with Gasteiger partial charge in [0.15, 0.2) is 0 Å². The van der Waals surface area contributed by atoms with Crippen LogP contribution < -0.4 is 16.0 Å². The van der Waals surface area contributed by atoms with Crippen LogP contribution >= 0.6 is 0 Å². The Morgan fingerprint density at radius 1 is 1.22 bits per heavy atom. The standard InChI is InChI=1S/C19H30N4O4/c1-13(2)14(3)21-18(25)15-6-8-23(9-7-15)12-17(24)22-19(26)20-11-16-5-4-10-27-16/h4-5,10,13-15H,6-9,11-12H2,1-3H3,(H,21,25)(H2,20,22,24,26). The summed E-state index contributed by atoms with van der Waals surface area (Å²) in [7, 11) is 0. The van der Waals surface area contributed by atoms with Gasteiger partial charge in [-0.05, 0) is 50.9 Å². The van der Waals surface area contributed by atoms with Gasteiger partial charge in [0.1, 0.15) is 5.76 Å². The van der Waals surface area contributed by atoms with Crippen LogP contribution in [0.1, 0.15) is 39.4 Å². The van der Waals surface area contributed by atoms with Crippen LogP contribution in [0.4, 0.5) is 4.79 Å². The fraction of sp³-hybridized carbons (Fsp3) is 0.632.